The number of benzene rings is 2. The van der Waals surface area contributed by atoms with E-state index in [4.69, 9.17) is 10.4 Å². The maximum absolute atomic E-state index is 11.0. The van der Waals surface area contributed by atoms with Gasteiger partial charge >= 0.3 is 5.97 Å². The molecule has 1 N–H and O–H groups in total. The molecule has 0 unspecified atom stereocenters. The second-order valence-corrected chi connectivity index (χ2v) is 4.79. The molecule has 21 heavy (non-hydrogen) atoms. The van der Waals surface area contributed by atoms with Crippen LogP contribution in [0.5, 0.6) is 0 Å². The maximum Gasteiger partial charge on any atom is 0.317 e. The molecule has 0 heterocycles. The maximum atomic E-state index is 11.0. The summed E-state index contributed by atoms with van der Waals surface area (Å²) in [5.41, 5.74) is 2.48. The lowest BCUT2D eigenvalue weighted by Gasteiger charge is -2.21. The molecule has 0 fully saturated rings. The molecule has 2 aromatic carbocycles. The SMILES string of the molecule is N#Cc1ccccc1CN(CC(=O)O)Cc1ccccc1. The molecule has 4 heteroatoms. The molecule has 0 spiro atoms. The lowest BCUT2D eigenvalue weighted by Crippen LogP contribution is -2.29. The Morgan fingerprint density at radius 1 is 1.05 bits per heavy atom. The summed E-state index contributed by atoms with van der Waals surface area (Å²) in [7, 11) is 0. The highest BCUT2D eigenvalue weighted by molar-refractivity contribution is 5.69. The zero-order valence-electron chi connectivity index (χ0n) is 11.6. The van der Waals surface area contributed by atoms with E-state index in [9.17, 15) is 4.79 Å². The third-order valence-corrected chi connectivity index (χ3v) is 3.14. The van der Waals surface area contributed by atoms with Gasteiger partial charge in [0.1, 0.15) is 0 Å². The summed E-state index contributed by atoms with van der Waals surface area (Å²) in [4.78, 5) is 12.9. The first-order valence-electron chi connectivity index (χ1n) is 6.65. The van der Waals surface area contributed by atoms with Crippen molar-refractivity contribution in [2.45, 2.75) is 13.1 Å². The Kier molecular flexibility index (Phi) is 5.08. The van der Waals surface area contributed by atoms with Gasteiger partial charge in [0, 0.05) is 13.1 Å². The van der Waals surface area contributed by atoms with Crippen LogP contribution in [-0.4, -0.2) is 22.5 Å². The first-order chi connectivity index (χ1) is 10.2. The highest BCUT2D eigenvalue weighted by atomic mass is 16.4. The fraction of sp³-hybridized carbons (Fsp3) is 0.176. The largest absolute Gasteiger partial charge is 0.480 e. The minimum Gasteiger partial charge on any atom is -0.480 e. The zero-order chi connectivity index (χ0) is 15.1. The number of nitrogens with zero attached hydrogens (tertiary/aromatic N) is 2. The van der Waals surface area contributed by atoms with Gasteiger partial charge in [0.05, 0.1) is 18.2 Å². The minimum absolute atomic E-state index is 0.0609. The first-order valence-corrected chi connectivity index (χ1v) is 6.65. The topological polar surface area (TPSA) is 64.3 Å². The van der Waals surface area contributed by atoms with Crippen LogP contribution in [-0.2, 0) is 17.9 Å². The van der Waals surface area contributed by atoms with E-state index in [1.54, 1.807) is 12.1 Å². The Bertz CT molecular complexity index is 647. The van der Waals surface area contributed by atoms with Crippen molar-refractivity contribution in [3.8, 4) is 6.07 Å². The average Bonchev–Trinajstić information content (AvgIpc) is 2.48. The van der Waals surface area contributed by atoms with E-state index < -0.39 is 5.97 Å². The van der Waals surface area contributed by atoms with Crippen molar-refractivity contribution < 1.29 is 9.90 Å². The Hall–Kier alpha value is -2.64. The highest BCUT2D eigenvalue weighted by Crippen LogP contribution is 2.13. The van der Waals surface area contributed by atoms with Crippen LogP contribution in [0, 0.1) is 11.3 Å². The van der Waals surface area contributed by atoms with Gasteiger partial charge in [-0.2, -0.15) is 5.26 Å². The molecule has 2 aromatic rings. The molecule has 0 bridgehead atoms. The van der Waals surface area contributed by atoms with Crippen LogP contribution in [0.1, 0.15) is 16.7 Å². The lowest BCUT2D eigenvalue weighted by molar-refractivity contribution is -0.138. The number of nitriles is 1. The van der Waals surface area contributed by atoms with Gasteiger partial charge in [-0.3, -0.25) is 9.69 Å². The van der Waals surface area contributed by atoms with E-state index in [0.29, 0.717) is 18.7 Å². The number of carbonyl (C=O) groups is 1. The zero-order valence-corrected chi connectivity index (χ0v) is 11.6. The predicted molar refractivity (Wildman–Crippen MR) is 79.3 cm³/mol. The van der Waals surface area contributed by atoms with Gasteiger partial charge in [0.2, 0.25) is 0 Å². The van der Waals surface area contributed by atoms with E-state index >= 15 is 0 Å². The third-order valence-electron chi connectivity index (χ3n) is 3.14. The molecule has 106 valence electrons. The predicted octanol–water partition coefficient (Wildman–Crippen LogP) is 2.65. The summed E-state index contributed by atoms with van der Waals surface area (Å²) < 4.78 is 0. The Balaban J connectivity index is 2.17. The summed E-state index contributed by atoms with van der Waals surface area (Å²) in [6.45, 7) is 0.909. The van der Waals surface area contributed by atoms with Crippen LogP contribution in [0.15, 0.2) is 54.6 Å². The first kappa shape index (κ1) is 14.8. The lowest BCUT2D eigenvalue weighted by atomic mass is 10.1. The summed E-state index contributed by atoms with van der Waals surface area (Å²) in [5.74, 6) is -0.875. The van der Waals surface area contributed by atoms with Gasteiger partial charge in [-0.05, 0) is 17.2 Å². The normalized spacial score (nSPS) is 10.3. The number of carboxylic acid groups (broad SMARTS) is 1. The molecule has 0 aliphatic rings. The van der Waals surface area contributed by atoms with Crippen molar-refractivity contribution in [3.05, 3.63) is 71.3 Å². The van der Waals surface area contributed by atoms with Crippen molar-refractivity contribution in [2.24, 2.45) is 0 Å². The summed E-state index contributed by atoms with van der Waals surface area (Å²) in [6, 6.07) is 19.1. The Labute approximate surface area is 123 Å². The van der Waals surface area contributed by atoms with E-state index in [-0.39, 0.29) is 6.54 Å². The van der Waals surface area contributed by atoms with Crippen molar-refractivity contribution >= 4 is 5.97 Å². The van der Waals surface area contributed by atoms with Crippen molar-refractivity contribution in [3.63, 3.8) is 0 Å². The van der Waals surface area contributed by atoms with E-state index in [2.05, 4.69) is 6.07 Å². The second-order valence-electron chi connectivity index (χ2n) is 4.79. The summed E-state index contributed by atoms with van der Waals surface area (Å²) in [5, 5.41) is 18.2. The fourth-order valence-corrected chi connectivity index (χ4v) is 2.21. The third kappa shape index (κ3) is 4.44. The molecule has 0 saturated carbocycles. The van der Waals surface area contributed by atoms with E-state index in [1.807, 2.05) is 47.4 Å². The van der Waals surface area contributed by atoms with E-state index in [0.717, 1.165) is 11.1 Å². The van der Waals surface area contributed by atoms with Crippen molar-refractivity contribution in [2.75, 3.05) is 6.54 Å². The van der Waals surface area contributed by atoms with Gasteiger partial charge < -0.3 is 5.11 Å². The summed E-state index contributed by atoms with van der Waals surface area (Å²) >= 11 is 0. The van der Waals surface area contributed by atoms with E-state index in [1.165, 1.54) is 0 Å². The minimum atomic E-state index is -0.875. The number of aliphatic carboxylic acids is 1. The molecule has 2 rings (SSSR count). The van der Waals surface area contributed by atoms with Gasteiger partial charge in [0.25, 0.3) is 0 Å². The molecule has 0 aliphatic heterocycles. The van der Waals surface area contributed by atoms with Gasteiger partial charge in [-0.1, -0.05) is 48.5 Å². The molecule has 0 aliphatic carbocycles. The Morgan fingerprint density at radius 3 is 2.38 bits per heavy atom. The molecule has 0 amide bonds. The molecule has 0 aromatic heterocycles. The summed E-state index contributed by atoms with van der Waals surface area (Å²) in [6.07, 6.45) is 0. The smallest absolute Gasteiger partial charge is 0.317 e. The molecule has 0 saturated heterocycles. The van der Waals surface area contributed by atoms with Crippen LogP contribution < -0.4 is 0 Å². The molecule has 0 radical (unpaired) electrons. The Morgan fingerprint density at radius 2 is 1.71 bits per heavy atom. The van der Waals surface area contributed by atoms with Gasteiger partial charge in [0.15, 0.2) is 0 Å². The number of hydrogen-bond acceptors (Lipinski definition) is 3. The quantitative estimate of drug-likeness (QED) is 0.883. The monoisotopic (exact) mass is 280 g/mol. The standard InChI is InChI=1S/C17H16N2O2/c18-10-15-8-4-5-9-16(15)12-19(13-17(20)21)11-14-6-2-1-3-7-14/h1-9H,11-13H2,(H,20,21). The van der Waals surface area contributed by atoms with Crippen LogP contribution in [0.3, 0.4) is 0 Å². The van der Waals surface area contributed by atoms with Crippen molar-refractivity contribution in [1.82, 2.24) is 4.90 Å². The number of carboxylic acids is 1. The molecular formula is C17H16N2O2. The average molecular weight is 280 g/mol. The van der Waals surface area contributed by atoms with Crippen LogP contribution in [0.4, 0.5) is 0 Å². The van der Waals surface area contributed by atoms with Crippen LogP contribution >= 0.6 is 0 Å². The number of hydrogen-bond donors (Lipinski definition) is 1. The molecule has 0 atom stereocenters. The van der Waals surface area contributed by atoms with Crippen LogP contribution in [0.25, 0.3) is 0 Å². The van der Waals surface area contributed by atoms with Gasteiger partial charge in [-0.15, -0.1) is 0 Å². The van der Waals surface area contributed by atoms with Crippen molar-refractivity contribution in [1.29, 1.82) is 5.26 Å². The van der Waals surface area contributed by atoms with Crippen LogP contribution in [0.2, 0.25) is 0 Å². The highest BCUT2D eigenvalue weighted by Gasteiger charge is 2.13. The molecular weight excluding hydrogens is 264 g/mol. The second kappa shape index (κ2) is 7.22. The fourth-order valence-electron chi connectivity index (χ4n) is 2.21. The van der Waals surface area contributed by atoms with Gasteiger partial charge in [-0.25, -0.2) is 0 Å². The number of rotatable bonds is 6. The molecule has 4 nitrogen and oxygen atoms in total.